The lowest BCUT2D eigenvalue weighted by molar-refractivity contribution is 0.245. The molecule has 3 heteroatoms. The molecule has 0 saturated heterocycles. The molecule has 15 heavy (non-hydrogen) atoms. The van der Waals surface area contributed by atoms with E-state index in [4.69, 9.17) is 4.99 Å². The maximum absolute atomic E-state index is 4.88. The van der Waals surface area contributed by atoms with Crippen LogP contribution in [0.3, 0.4) is 0 Å². The van der Waals surface area contributed by atoms with Crippen molar-refractivity contribution >= 4 is 16.9 Å². The molecule has 2 atom stereocenters. The molecule has 2 nitrogen and oxygen atoms in total. The number of amidine groups is 1. The van der Waals surface area contributed by atoms with Crippen molar-refractivity contribution in [1.82, 2.24) is 5.32 Å². The number of thioether (sulfide) groups is 1. The van der Waals surface area contributed by atoms with Gasteiger partial charge in [0.25, 0.3) is 0 Å². The van der Waals surface area contributed by atoms with E-state index in [1.54, 1.807) is 0 Å². The highest BCUT2D eigenvalue weighted by Crippen LogP contribution is 2.37. The van der Waals surface area contributed by atoms with Crippen LogP contribution in [0.15, 0.2) is 4.99 Å². The Hall–Kier alpha value is -0.180. The van der Waals surface area contributed by atoms with Gasteiger partial charge < -0.3 is 5.32 Å². The third-order valence-corrected chi connectivity index (χ3v) is 5.28. The van der Waals surface area contributed by atoms with E-state index in [1.807, 2.05) is 11.8 Å². The first-order valence-electron chi connectivity index (χ1n) is 6.24. The molecule has 0 aromatic carbocycles. The van der Waals surface area contributed by atoms with Crippen molar-refractivity contribution in [2.45, 2.75) is 57.0 Å². The number of hydrogen-bond acceptors (Lipinski definition) is 3. The molecule has 1 aliphatic heterocycles. The highest BCUT2D eigenvalue weighted by atomic mass is 32.2. The van der Waals surface area contributed by atoms with Crippen molar-refractivity contribution in [3.63, 3.8) is 0 Å². The first-order chi connectivity index (χ1) is 7.25. The number of nitrogens with zero attached hydrogens (tertiary/aromatic N) is 1. The van der Waals surface area contributed by atoms with E-state index in [1.165, 1.54) is 49.4 Å². The monoisotopic (exact) mass is 224 g/mol. The lowest BCUT2D eigenvalue weighted by Crippen LogP contribution is -2.51. The topological polar surface area (TPSA) is 24.4 Å². The van der Waals surface area contributed by atoms with Gasteiger partial charge in [0.05, 0.1) is 6.04 Å². The summed E-state index contributed by atoms with van der Waals surface area (Å²) in [4.78, 5) is 4.88. The third-order valence-electron chi connectivity index (χ3n) is 4.20. The Labute approximate surface area is 96.3 Å². The molecule has 0 aromatic heterocycles. The van der Waals surface area contributed by atoms with Crippen LogP contribution in [0.25, 0.3) is 0 Å². The van der Waals surface area contributed by atoms with Gasteiger partial charge in [0.2, 0.25) is 0 Å². The summed E-state index contributed by atoms with van der Waals surface area (Å²) in [6.07, 6.45) is 8.15. The van der Waals surface area contributed by atoms with Crippen LogP contribution in [0.4, 0.5) is 0 Å². The highest BCUT2D eigenvalue weighted by molar-refractivity contribution is 8.13. The largest absolute Gasteiger partial charge is 0.360 e. The third kappa shape index (κ3) is 1.91. The zero-order chi connectivity index (χ0) is 10.3. The lowest BCUT2D eigenvalue weighted by atomic mass is 9.79. The normalized spacial score (nSPS) is 37.8. The SMILES string of the molecule is CC1(NC2=NC3CCCC3CS2)CCC1. The van der Waals surface area contributed by atoms with Gasteiger partial charge in [-0.05, 0) is 44.9 Å². The predicted molar refractivity (Wildman–Crippen MR) is 66.4 cm³/mol. The highest BCUT2D eigenvalue weighted by Gasteiger charge is 2.36. The van der Waals surface area contributed by atoms with E-state index in [-0.39, 0.29) is 0 Å². The van der Waals surface area contributed by atoms with Crippen LogP contribution in [-0.4, -0.2) is 22.5 Å². The summed E-state index contributed by atoms with van der Waals surface area (Å²) in [5.41, 5.74) is 0.372. The van der Waals surface area contributed by atoms with E-state index in [9.17, 15) is 0 Å². The molecule has 0 radical (unpaired) electrons. The molecule has 3 aliphatic rings. The summed E-state index contributed by atoms with van der Waals surface area (Å²) in [5, 5.41) is 4.89. The predicted octanol–water partition coefficient (Wildman–Crippen LogP) is 2.79. The maximum Gasteiger partial charge on any atom is 0.157 e. The first kappa shape index (κ1) is 10.0. The Morgan fingerprint density at radius 1 is 1.33 bits per heavy atom. The van der Waals surface area contributed by atoms with Gasteiger partial charge in [-0.2, -0.15) is 0 Å². The Bertz CT molecular complexity index is 283. The summed E-state index contributed by atoms with van der Waals surface area (Å²) < 4.78 is 0. The quantitative estimate of drug-likeness (QED) is 0.740. The van der Waals surface area contributed by atoms with Crippen LogP contribution in [0, 0.1) is 5.92 Å². The van der Waals surface area contributed by atoms with Gasteiger partial charge in [-0.1, -0.05) is 18.2 Å². The molecule has 0 bridgehead atoms. The van der Waals surface area contributed by atoms with Crippen molar-refractivity contribution in [2.75, 3.05) is 5.75 Å². The van der Waals surface area contributed by atoms with Crippen LogP contribution < -0.4 is 5.32 Å². The van der Waals surface area contributed by atoms with Crippen LogP contribution in [0.5, 0.6) is 0 Å². The zero-order valence-corrected chi connectivity index (χ0v) is 10.3. The Kier molecular flexibility index (Phi) is 2.46. The minimum Gasteiger partial charge on any atom is -0.360 e. The summed E-state index contributed by atoms with van der Waals surface area (Å²) in [7, 11) is 0. The van der Waals surface area contributed by atoms with E-state index in [2.05, 4.69) is 12.2 Å². The van der Waals surface area contributed by atoms with Crippen LogP contribution in [-0.2, 0) is 0 Å². The molecular formula is C12H20N2S. The molecule has 2 fully saturated rings. The fourth-order valence-electron chi connectivity index (χ4n) is 2.91. The molecule has 0 amide bonds. The number of aliphatic imine (C=N–C) groups is 1. The Balaban J connectivity index is 1.66. The molecule has 2 unspecified atom stereocenters. The van der Waals surface area contributed by atoms with Gasteiger partial charge in [0.1, 0.15) is 0 Å². The van der Waals surface area contributed by atoms with Crippen molar-refractivity contribution < 1.29 is 0 Å². The molecule has 0 aromatic rings. The van der Waals surface area contributed by atoms with E-state index in [0.717, 1.165) is 5.92 Å². The smallest absolute Gasteiger partial charge is 0.157 e. The number of fused-ring (bicyclic) bond motifs is 1. The summed E-state index contributed by atoms with van der Waals surface area (Å²) in [5.74, 6) is 2.18. The molecule has 0 spiro atoms. The average Bonchev–Trinajstić information content (AvgIpc) is 2.62. The Morgan fingerprint density at radius 3 is 2.93 bits per heavy atom. The fraction of sp³-hybridized carbons (Fsp3) is 0.917. The molecule has 1 heterocycles. The first-order valence-corrected chi connectivity index (χ1v) is 7.23. The van der Waals surface area contributed by atoms with Crippen molar-refractivity contribution in [2.24, 2.45) is 10.9 Å². The van der Waals surface area contributed by atoms with Gasteiger partial charge in [0.15, 0.2) is 5.17 Å². The van der Waals surface area contributed by atoms with Gasteiger partial charge in [-0.3, -0.25) is 4.99 Å². The van der Waals surface area contributed by atoms with Crippen LogP contribution in [0.2, 0.25) is 0 Å². The van der Waals surface area contributed by atoms with Crippen molar-refractivity contribution in [1.29, 1.82) is 0 Å². The van der Waals surface area contributed by atoms with Crippen molar-refractivity contribution in [3.05, 3.63) is 0 Å². The second kappa shape index (κ2) is 3.69. The van der Waals surface area contributed by atoms with Crippen LogP contribution in [0.1, 0.15) is 45.4 Å². The second-order valence-corrected chi connectivity index (χ2v) is 6.55. The molecule has 2 aliphatic carbocycles. The summed E-state index contributed by atoms with van der Waals surface area (Å²) in [6.45, 7) is 2.33. The van der Waals surface area contributed by atoms with Gasteiger partial charge in [-0.15, -0.1) is 0 Å². The molecule has 3 rings (SSSR count). The number of rotatable bonds is 1. The molecule has 1 N–H and O–H groups in total. The average molecular weight is 224 g/mol. The second-order valence-electron chi connectivity index (χ2n) is 5.54. The van der Waals surface area contributed by atoms with E-state index in [0.29, 0.717) is 11.6 Å². The Morgan fingerprint density at radius 2 is 2.20 bits per heavy atom. The fourth-order valence-corrected chi connectivity index (χ4v) is 4.20. The van der Waals surface area contributed by atoms with Gasteiger partial charge in [0, 0.05) is 11.3 Å². The van der Waals surface area contributed by atoms with Gasteiger partial charge in [-0.25, -0.2) is 0 Å². The number of nitrogens with one attached hydrogen (secondary N) is 1. The van der Waals surface area contributed by atoms with E-state index >= 15 is 0 Å². The summed E-state index contributed by atoms with van der Waals surface area (Å²) >= 11 is 1.95. The van der Waals surface area contributed by atoms with E-state index < -0.39 is 0 Å². The molecular weight excluding hydrogens is 204 g/mol. The zero-order valence-electron chi connectivity index (χ0n) is 9.46. The minimum atomic E-state index is 0.372. The molecule has 2 saturated carbocycles. The van der Waals surface area contributed by atoms with Crippen molar-refractivity contribution in [3.8, 4) is 0 Å². The molecule has 84 valence electrons. The van der Waals surface area contributed by atoms with Gasteiger partial charge >= 0.3 is 0 Å². The number of hydrogen-bond donors (Lipinski definition) is 1. The lowest BCUT2D eigenvalue weighted by Gasteiger charge is -2.41. The van der Waals surface area contributed by atoms with Crippen LogP contribution >= 0.6 is 11.8 Å². The summed E-state index contributed by atoms with van der Waals surface area (Å²) in [6, 6.07) is 0.650. The maximum atomic E-state index is 4.88. The standard InChI is InChI=1S/C12H20N2S/c1-12(6-3-7-12)14-11-13-10-5-2-4-9(10)8-15-11/h9-10H,2-8H2,1H3,(H,13,14). The minimum absolute atomic E-state index is 0.372.